The Morgan fingerprint density at radius 2 is 1.80 bits per heavy atom. The lowest BCUT2D eigenvalue weighted by atomic mass is 10.1. The summed E-state index contributed by atoms with van der Waals surface area (Å²) < 4.78 is 0. The first-order valence-electron chi connectivity index (χ1n) is 2.76. The summed E-state index contributed by atoms with van der Waals surface area (Å²) in [4.78, 5) is 9.88. The molecule has 0 heterocycles. The third-order valence-electron chi connectivity index (χ3n) is 1.01. The zero-order chi connectivity index (χ0) is 8.15. The van der Waals surface area contributed by atoms with Gasteiger partial charge in [-0.1, -0.05) is 0 Å². The van der Waals surface area contributed by atoms with Crippen LogP contribution in [-0.2, 0) is 4.79 Å². The number of carboxylic acid groups (broad SMARTS) is 1. The van der Waals surface area contributed by atoms with Crippen molar-refractivity contribution in [2.45, 2.75) is 18.6 Å². The molecule has 0 saturated carbocycles. The van der Waals surface area contributed by atoms with Crippen LogP contribution in [0.25, 0.3) is 0 Å². The van der Waals surface area contributed by atoms with Gasteiger partial charge in [0.15, 0.2) is 0 Å². The van der Waals surface area contributed by atoms with E-state index >= 15 is 0 Å². The zero-order valence-corrected chi connectivity index (χ0v) is 5.27. The predicted octanol–water partition coefficient (Wildman–Crippen LogP) is -1.82. The molecule has 60 valence electrons. The van der Waals surface area contributed by atoms with Crippen LogP contribution in [0.4, 0.5) is 0 Å². The maximum absolute atomic E-state index is 9.88. The topological polar surface area (TPSA) is 98.0 Å². The molecule has 0 radical (unpaired) electrons. The van der Waals surface area contributed by atoms with E-state index < -0.39 is 31.2 Å². The van der Waals surface area contributed by atoms with Crippen LogP contribution < -0.4 is 0 Å². The summed E-state index contributed by atoms with van der Waals surface area (Å²) in [6, 6.07) is 0. The van der Waals surface area contributed by atoms with Crippen LogP contribution in [-0.4, -0.2) is 45.2 Å². The van der Waals surface area contributed by atoms with Gasteiger partial charge in [0.05, 0.1) is 19.1 Å². The lowest BCUT2D eigenvalue weighted by Crippen LogP contribution is -2.31. The van der Waals surface area contributed by atoms with E-state index in [1.54, 1.807) is 0 Å². The van der Waals surface area contributed by atoms with Crippen LogP contribution in [0.5, 0.6) is 0 Å². The Hall–Kier alpha value is -0.650. The van der Waals surface area contributed by atoms with Crippen LogP contribution in [0.15, 0.2) is 0 Å². The molecule has 0 spiro atoms. The Labute approximate surface area is 57.5 Å². The SMILES string of the molecule is O=C(O)C[C@@H](O)[C@@H](O)CO. The average molecular weight is 150 g/mol. The summed E-state index contributed by atoms with van der Waals surface area (Å²) in [6.07, 6.45) is -3.31. The van der Waals surface area contributed by atoms with Gasteiger partial charge in [-0.2, -0.15) is 0 Å². The molecule has 0 aliphatic heterocycles. The number of aliphatic carboxylic acids is 1. The Balaban J connectivity index is 3.61. The lowest BCUT2D eigenvalue weighted by Gasteiger charge is -2.12. The number of aliphatic hydroxyl groups excluding tert-OH is 3. The monoisotopic (exact) mass is 150 g/mol. The number of carboxylic acids is 1. The number of carbonyl (C=O) groups is 1. The summed E-state index contributed by atoms with van der Waals surface area (Å²) in [5.41, 5.74) is 0. The van der Waals surface area contributed by atoms with E-state index in [4.69, 9.17) is 20.4 Å². The normalized spacial score (nSPS) is 16.3. The Morgan fingerprint density at radius 1 is 1.30 bits per heavy atom. The largest absolute Gasteiger partial charge is 0.481 e. The van der Waals surface area contributed by atoms with Gasteiger partial charge in [-0.15, -0.1) is 0 Å². The van der Waals surface area contributed by atoms with Crippen molar-refractivity contribution in [3.05, 3.63) is 0 Å². The first-order chi connectivity index (χ1) is 4.57. The molecule has 0 aromatic rings. The van der Waals surface area contributed by atoms with Crippen molar-refractivity contribution in [1.82, 2.24) is 0 Å². The van der Waals surface area contributed by atoms with E-state index in [1.165, 1.54) is 0 Å². The lowest BCUT2D eigenvalue weighted by molar-refractivity contribution is -0.141. The van der Waals surface area contributed by atoms with Crippen molar-refractivity contribution >= 4 is 5.97 Å². The van der Waals surface area contributed by atoms with Gasteiger partial charge in [-0.3, -0.25) is 4.79 Å². The highest BCUT2D eigenvalue weighted by Crippen LogP contribution is 1.97. The molecule has 0 aliphatic carbocycles. The minimum Gasteiger partial charge on any atom is -0.481 e. The van der Waals surface area contributed by atoms with Crippen molar-refractivity contribution in [2.24, 2.45) is 0 Å². The van der Waals surface area contributed by atoms with Crippen LogP contribution in [0, 0.1) is 0 Å². The second-order valence-corrected chi connectivity index (χ2v) is 1.92. The van der Waals surface area contributed by atoms with Crippen LogP contribution in [0.3, 0.4) is 0 Å². The minimum atomic E-state index is -1.39. The summed E-state index contributed by atoms with van der Waals surface area (Å²) in [7, 11) is 0. The fourth-order valence-electron chi connectivity index (χ4n) is 0.437. The van der Waals surface area contributed by atoms with Gasteiger partial charge in [0, 0.05) is 0 Å². The van der Waals surface area contributed by atoms with E-state index in [0.717, 1.165) is 0 Å². The molecule has 5 nitrogen and oxygen atoms in total. The van der Waals surface area contributed by atoms with E-state index in [1.807, 2.05) is 0 Å². The standard InChI is InChI=1S/C5H10O5/c6-2-4(8)3(7)1-5(9)10/h3-4,6-8H,1-2H2,(H,9,10)/t3-,4+/m1/s1. The van der Waals surface area contributed by atoms with E-state index in [-0.39, 0.29) is 0 Å². The van der Waals surface area contributed by atoms with Crippen molar-refractivity contribution < 1.29 is 25.2 Å². The maximum Gasteiger partial charge on any atom is 0.306 e. The fourth-order valence-corrected chi connectivity index (χ4v) is 0.437. The molecule has 2 atom stereocenters. The predicted molar refractivity (Wildman–Crippen MR) is 31.4 cm³/mol. The van der Waals surface area contributed by atoms with Gasteiger partial charge in [0.1, 0.15) is 6.10 Å². The molecule has 4 N–H and O–H groups in total. The highest BCUT2D eigenvalue weighted by molar-refractivity contribution is 5.67. The average Bonchev–Trinajstić information content (AvgIpc) is 1.85. The molecule has 0 aromatic heterocycles. The van der Waals surface area contributed by atoms with E-state index in [2.05, 4.69) is 0 Å². The van der Waals surface area contributed by atoms with E-state index in [0.29, 0.717) is 0 Å². The van der Waals surface area contributed by atoms with Gasteiger partial charge in [0.25, 0.3) is 0 Å². The van der Waals surface area contributed by atoms with Gasteiger partial charge in [-0.05, 0) is 0 Å². The Bertz CT molecular complexity index is 113. The zero-order valence-electron chi connectivity index (χ0n) is 5.27. The fraction of sp³-hybridized carbons (Fsp3) is 0.800. The van der Waals surface area contributed by atoms with Gasteiger partial charge >= 0.3 is 5.97 Å². The molecular formula is C5H10O5. The third-order valence-corrected chi connectivity index (χ3v) is 1.01. The van der Waals surface area contributed by atoms with Gasteiger partial charge < -0.3 is 20.4 Å². The molecule has 5 heteroatoms. The quantitative estimate of drug-likeness (QED) is 0.378. The Morgan fingerprint density at radius 3 is 2.10 bits per heavy atom. The smallest absolute Gasteiger partial charge is 0.306 e. The molecule has 0 unspecified atom stereocenters. The molecular weight excluding hydrogens is 140 g/mol. The van der Waals surface area contributed by atoms with Crippen LogP contribution in [0.2, 0.25) is 0 Å². The van der Waals surface area contributed by atoms with Crippen molar-refractivity contribution in [1.29, 1.82) is 0 Å². The minimum absolute atomic E-state index is 0.554. The van der Waals surface area contributed by atoms with Crippen LogP contribution in [0.1, 0.15) is 6.42 Å². The third kappa shape index (κ3) is 3.39. The number of aliphatic hydroxyl groups is 3. The van der Waals surface area contributed by atoms with Crippen LogP contribution >= 0.6 is 0 Å². The number of hydrogen-bond donors (Lipinski definition) is 4. The molecule has 0 aromatic carbocycles. The van der Waals surface area contributed by atoms with Crippen molar-refractivity contribution in [2.75, 3.05) is 6.61 Å². The molecule has 0 fully saturated rings. The summed E-state index contributed by atoms with van der Waals surface area (Å²) >= 11 is 0. The molecule has 0 amide bonds. The number of rotatable bonds is 4. The van der Waals surface area contributed by atoms with Crippen molar-refractivity contribution in [3.8, 4) is 0 Å². The second-order valence-electron chi connectivity index (χ2n) is 1.92. The van der Waals surface area contributed by atoms with E-state index in [9.17, 15) is 4.79 Å². The summed E-state index contributed by atoms with van der Waals surface area (Å²) in [6.45, 7) is -0.631. The number of hydrogen-bond acceptors (Lipinski definition) is 4. The summed E-state index contributed by atoms with van der Waals surface area (Å²) in [5.74, 6) is -1.21. The van der Waals surface area contributed by atoms with Gasteiger partial charge in [0.2, 0.25) is 0 Å². The molecule has 0 bridgehead atoms. The molecule has 0 saturated heterocycles. The summed E-state index contributed by atoms with van der Waals surface area (Å²) in [5, 5.41) is 33.6. The first-order valence-corrected chi connectivity index (χ1v) is 2.76. The first kappa shape index (κ1) is 9.35. The maximum atomic E-state index is 9.88. The highest BCUT2D eigenvalue weighted by Gasteiger charge is 2.17. The molecule has 10 heavy (non-hydrogen) atoms. The Kier molecular flexibility index (Phi) is 3.94. The second kappa shape index (κ2) is 4.21. The highest BCUT2D eigenvalue weighted by atomic mass is 16.4. The van der Waals surface area contributed by atoms with Gasteiger partial charge in [-0.25, -0.2) is 0 Å². The molecule has 0 rings (SSSR count). The van der Waals surface area contributed by atoms with Crippen molar-refractivity contribution in [3.63, 3.8) is 0 Å². The molecule has 0 aliphatic rings.